The van der Waals surface area contributed by atoms with Gasteiger partial charge >= 0.3 is 0 Å². The molecule has 0 aliphatic rings. The Hall–Kier alpha value is -0.800. The van der Waals surface area contributed by atoms with E-state index in [1.54, 1.807) is 6.20 Å². The fraction of sp³-hybridized carbons (Fsp3) is 0.500. The molecule has 14 heavy (non-hydrogen) atoms. The summed E-state index contributed by atoms with van der Waals surface area (Å²) in [5, 5.41) is 3.74. The summed E-state index contributed by atoms with van der Waals surface area (Å²) >= 11 is 5.92. The number of nitrogens with two attached hydrogens (primary N) is 1. The van der Waals surface area contributed by atoms with E-state index in [1.807, 2.05) is 13.0 Å². The molecule has 0 bridgehead atoms. The molecule has 0 spiro atoms. The number of nitrogens with one attached hydrogen (secondary N) is 1. The molecule has 1 atom stereocenters. The predicted molar refractivity (Wildman–Crippen MR) is 60.7 cm³/mol. The first-order valence-corrected chi connectivity index (χ1v) is 5.07. The first kappa shape index (κ1) is 11.3. The standard InChI is InChI=1S/C10H16ClN3/c1-7-3-9(10(11)14-5-7)13-6-8(2)4-12/h3,5,8,13H,4,6,12H2,1-2H3. The van der Waals surface area contributed by atoms with Crippen molar-refractivity contribution in [2.75, 3.05) is 18.4 Å². The number of aryl methyl sites for hydroxylation is 1. The van der Waals surface area contributed by atoms with E-state index < -0.39 is 0 Å². The van der Waals surface area contributed by atoms with Gasteiger partial charge in [-0.15, -0.1) is 0 Å². The molecule has 0 amide bonds. The number of hydrogen-bond donors (Lipinski definition) is 2. The van der Waals surface area contributed by atoms with Crippen molar-refractivity contribution in [1.29, 1.82) is 0 Å². The summed E-state index contributed by atoms with van der Waals surface area (Å²) in [6.45, 7) is 5.57. The quantitative estimate of drug-likeness (QED) is 0.753. The van der Waals surface area contributed by atoms with Gasteiger partial charge in [0, 0.05) is 12.7 Å². The zero-order chi connectivity index (χ0) is 10.6. The fourth-order valence-electron chi connectivity index (χ4n) is 1.04. The lowest BCUT2D eigenvalue weighted by Gasteiger charge is -2.12. The van der Waals surface area contributed by atoms with Gasteiger partial charge in [0.15, 0.2) is 5.15 Å². The molecule has 3 N–H and O–H groups in total. The zero-order valence-electron chi connectivity index (χ0n) is 8.55. The summed E-state index contributed by atoms with van der Waals surface area (Å²) in [7, 11) is 0. The zero-order valence-corrected chi connectivity index (χ0v) is 9.30. The van der Waals surface area contributed by atoms with Crippen molar-refractivity contribution in [2.45, 2.75) is 13.8 Å². The fourth-order valence-corrected chi connectivity index (χ4v) is 1.21. The summed E-state index contributed by atoms with van der Waals surface area (Å²) in [5.41, 5.74) is 7.49. The lowest BCUT2D eigenvalue weighted by molar-refractivity contribution is 0.628. The van der Waals surface area contributed by atoms with Gasteiger partial charge in [-0.25, -0.2) is 4.98 Å². The number of aromatic nitrogens is 1. The molecule has 1 unspecified atom stereocenters. The number of rotatable bonds is 4. The van der Waals surface area contributed by atoms with Crippen LogP contribution in [0.15, 0.2) is 12.3 Å². The van der Waals surface area contributed by atoms with Crippen molar-refractivity contribution in [3.05, 3.63) is 23.0 Å². The van der Waals surface area contributed by atoms with Crippen molar-refractivity contribution in [1.82, 2.24) is 4.98 Å². The minimum absolute atomic E-state index is 0.437. The Labute approximate surface area is 89.7 Å². The maximum Gasteiger partial charge on any atom is 0.152 e. The lowest BCUT2D eigenvalue weighted by atomic mass is 10.2. The van der Waals surface area contributed by atoms with E-state index >= 15 is 0 Å². The number of anilines is 1. The van der Waals surface area contributed by atoms with Crippen molar-refractivity contribution < 1.29 is 0 Å². The third-order valence-electron chi connectivity index (χ3n) is 2.02. The highest BCUT2D eigenvalue weighted by Crippen LogP contribution is 2.19. The van der Waals surface area contributed by atoms with Crippen molar-refractivity contribution >= 4 is 17.3 Å². The Bertz CT molecular complexity index is 301. The molecule has 1 heterocycles. The van der Waals surface area contributed by atoms with Crippen LogP contribution in [0.25, 0.3) is 0 Å². The first-order valence-electron chi connectivity index (χ1n) is 4.69. The van der Waals surface area contributed by atoms with E-state index in [0.717, 1.165) is 17.8 Å². The number of hydrogen-bond acceptors (Lipinski definition) is 3. The minimum atomic E-state index is 0.437. The van der Waals surface area contributed by atoms with Crippen LogP contribution >= 0.6 is 11.6 Å². The summed E-state index contributed by atoms with van der Waals surface area (Å²) in [6, 6.07) is 1.98. The van der Waals surface area contributed by atoms with Crippen molar-refractivity contribution in [2.24, 2.45) is 11.7 Å². The molecule has 0 saturated carbocycles. The molecule has 4 heteroatoms. The average Bonchev–Trinajstić information content (AvgIpc) is 2.19. The SMILES string of the molecule is Cc1cnc(Cl)c(NCC(C)CN)c1. The van der Waals surface area contributed by atoms with Gasteiger partial charge in [0.25, 0.3) is 0 Å². The smallest absolute Gasteiger partial charge is 0.152 e. The average molecular weight is 214 g/mol. The molecule has 1 aromatic heterocycles. The summed E-state index contributed by atoms with van der Waals surface area (Å²) in [4.78, 5) is 4.05. The highest BCUT2D eigenvalue weighted by atomic mass is 35.5. The van der Waals surface area contributed by atoms with E-state index in [9.17, 15) is 0 Å². The molecule has 0 radical (unpaired) electrons. The molecule has 0 aliphatic heterocycles. The molecule has 1 aromatic rings. The second-order valence-corrected chi connectivity index (χ2v) is 3.93. The second-order valence-electron chi connectivity index (χ2n) is 3.57. The monoisotopic (exact) mass is 213 g/mol. The highest BCUT2D eigenvalue weighted by Gasteiger charge is 2.03. The van der Waals surface area contributed by atoms with Crippen molar-refractivity contribution in [3.8, 4) is 0 Å². The molecular formula is C10H16ClN3. The number of pyridine rings is 1. The predicted octanol–water partition coefficient (Wildman–Crippen LogP) is 2.05. The summed E-state index contributed by atoms with van der Waals surface area (Å²) in [5.74, 6) is 0.437. The molecule has 0 aromatic carbocycles. The van der Waals surface area contributed by atoms with Crippen LogP contribution < -0.4 is 11.1 Å². The maximum atomic E-state index is 5.92. The van der Waals surface area contributed by atoms with Crippen molar-refractivity contribution in [3.63, 3.8) is 0 Å². The van der Waals surface area contributed by atoms with E-state index in [0.29, 0.717) is 17.6 Å². The Morgan fingerprint density at radius 3 is 3.00 bits per heavy atom. The number of halogens is 1. The Morgan fingerprint density at radius 1 is 1.64 bits per heavy atom. The normalized spacial score (nSPS) is 12.6. The topological polar surface area (TPSA) is 50.9 Å². The first-order chi connectivity index (χ1) is 6.63. The van der Waals surface area contributed by atoms with E-state index in [1.165, 1.54) is 0 Å². The summed E-state index contributed by atoms with van der Waals surface area (Å²) < 4.78 is 0. The Balaban J connectivity index is 2.62. The van der Waals surface area contributed by atoms with Crippen LogP contribution in [-0.4, -0.2) is 18.1 Å². The third-order valence-corrected chi connectivity index (χ3v) is 2.32. The Kier molecular flexibility index (Phi) is 4.17. The van der Waals surface area contributed by atoms with Crippen LogP contribution in [0.4, 0.5) is 5.69 Å². The van der Waals surface area contributed by atoms with Gasteiger partial charge in [-0.2, -0.15) is 0 Å². The molecule has 0 fully saturated rings. The second kappa shape index (κ2) is 5.17. The van der Waals surface area contributed by atoms with E-state index in [-0.39, 0.29) is 0 Å². The molecule has 78 valence electrons. The largest absolute Gasteiger partial charge is 0.382 e. The molecule has 0 saturated heterocycles. The Morgan fingerprint density at radius 2 is 2.36 bits per heavy atom. The van der Waals surface area contributed by atoms with E-state index in [2.05, 4.69) is 17.2 Å². The maximum absolute atomic E-state index is 5.92. The summed E-state index contributed by atoms with van der Waals surface area (Å²) in [6.07, 6.45) is 1.75. The number of nitrogens with zero attached hydrogens (tertiary/aromatic N) is 1. The van der Waals surface area contributed by atoms with Gasteiger partial charge < -0.3 is 11.1 Å². The molecule has 1 rings (SSSR count). The van der Waals surface area contributed by atoms with Crippen LogP contribution in [0.1, 0.15) is 12.5 Å². The van der Waals surface area contributed by atoms with Gasteiger partial charge in [-0.3, -0.25) is 0 Å². The van der Waals surface area contributed by atoms with Gasteiger partial charge in [-0.1, -0.05) is 18.5 Å². The van der Waals surface area contributed by atoms with Crippen LogP contribution in [-0.2, 0) is 0 Å². The van der Waals surface area contributed by atoms with Crippen LogP contribution in [0.2, 0.25) is 5.15 Å². The lowest BCUT2D eigenvalue weighted by Crippen LogP contribution is -2.20. The van der Waals surface area contributed by atoms with Crippen LogP contribution in [0, 0.1) is 12.8 Å². The third kappa shape index (κ3) is 3.16. The highest BCUT2D eigenvalue weighted by molar-refractivity contribution is 6.31. The van der Waals surface area contributed by atoms with Gasteiger partial charge in [0.1, 0.15) is 0 Å². The van der Waals surface area contributed by atoms with Gasteiger partial charge in [0.05, 0.1) is 5.69 Å². The van der Waals surface area contributed by atoms with Gasteiger partial charge in [-0.05, 0) is 31.0 Å². The van der Waals surface area contributed by atoms with Crippen LogP contribution in [0.3, 0.4) is 0 Å². The molecule has 0 aliphatic carbocycles. The minimum Gasteiger partial charge on any atom is -0.382 e. The van der Waals surface area contributed by atoms with E-state index in [4.69, 9.17) is 17.3 Å². The molecule has 3 nitrogen and oxygen atoms in total. The van der Waals surface area contributed by atoms with Gasteiger partial charge in [0.2, 0.25) is 0 Å². The molecular weight excluding hydrogens is 198 g/mol. The van der Waals surface area contributed by atoms with Crippen LogP contribution in [0.5, 0.6) is 0 Å².